The number of aromatic nitrogens is 2. The van der Waals surface area contributed by atoms with Gasteiger partial charge in [-0.1, -0.05) is 11.3 Å². The van der Waals surface area contributed by atoms with Crippen molar-refractivity contribution in [1.29, 1.82) is 0 Å². The number of hydrogen-bond acceptors (Lipinski definition) is 7. The summed E-state index contributed by atoms with van der Waals surface area (Å²) < 4.78 is 23.6. The molecule has 8 nitrogen and oxygen atoms in total. The first kappa shape index (κ1) is 12.8. The van der Waals surface area contributed by atoms with Gasteiger partial charge in [0.2, 0.25) is 20.2 Å². The smallest absolute Gasteiger partial charge is 0.282 e. The quantitative estimate of drug-likeness (QED) is 0.550. The van der Waals surface area contributed by atoms with E-state index in [1.165, 1.54) is 0 Å². The Kier molecular flexibility index (Phi) is 4.15. The van der Waals surface area contributed by atoms with Crippen LogP contribution in [0.1, 0.15) is 9.80 Å². The summed E-state index contributed by atoms with van der Waals surface area (Å²) in [6.45, 7) is 0.296. The van der Waals surface area contributed by atoms with Crippen molar-refractivity contribution in [3.05, 3.63) is 5.01 Å². The first-order valence-electron chi connectivity index (χ1n) is 4.20. The number of nitrogen functional groups attached to an aromatic ring is 1. The molecule has 4 N–H and O–H groups in total. The summed E-state index contributed by atoms with van der Waals surface area (Å²) in [6.07, 6.45) is 1.04. The summed E-state index contributed by atoms with van der Waals surface area (Å²) in [5, 5.41) is 9.84. The van der Waals surface area contributed by atoms with E-state index in [0.29, 0.717) is 0 Å². The van der Waals surface area contributed by atoms with Gasteiger partial charge in [-0.15, -0.1) is 10.2 Å². The fourth-order valence-corrected chi connectivity index (χ4v) is 1.81. The summed E-state index contributed by atoms with van der Waals surface area (Å²) in [5.41, 5.74) is 5.30. The summed E-state index contributed by atoms with van der Waals surface area (Å²) in [6, 6.07) is 0. The van der Waals surface area contributed by atoms with Crippen LogP contribution in [0.4, 0.5) is 5.13 Å². The van der Waals surface area contributed by atoms with Crippen molar-refractivity contribution < 1.29 is 13.2 Å². The van der Waals surface area contributed by atoms with Gasteiger partial charge in [0, 0.05) is 13.1 Å². The van der Waals surface area contributed by atoms with Gasteiger partial charge in [-0.05, 0) is 0 Å². The molecular formula is C6H11N5O3S2. The molecule has 0 radical (unpaired) electrons. The van der Waals surface area contributed by atoms with E-state index >= 15 is 0 Å². The highest BCUT2D eigenvalue weighted by molar-refractivity contribution is 7.88. The lowest BCUT2D eigenvalue weighted by Gasteiger charge is -2.02. The van der Waals surface area contributed by atoms with Crippen LogP contribution in [0, 0.1) is 0 Å². The van der Waals surface area contributed by atoms with Crippen LogP contribution in [0.25, 0.3) is 0 Å². The van der Waals surface area contributed by atoms with Crippen molar-refractivity contribution in [3.8, 4) is 0 Å². The molecular weight excluding hydrogens is 254 g/mol. The molecule has 10 heteroatoms. The topological polar surface area (TPSA) is 127 Å². The van der Waals surface area contributed by atoms with Gasteiger partial charge in [0.15, 0.2) is 0 Å². The Bertz CT molecular complexity index is 468. The third kappa shape index (κ3) is 4.51. The summed E-state index contributed by atoms with van der Waals surface area (Å²) >= 11 is 0.964. The number of hydrogen-bond donors (Lipinski definition) is 3. The van der Waals surface area contributed by atoms with E-state index in [4.69, 9.17) is 5.73 Å². The first-order chi connectivity index (χ1) is 7.38. The minimum atomic E-state index is -3.23. The molecule has 0 spiro atoms. The van der Waals surface area contributed by atoms with Gasteiger partial charge in [0.25, 0.3) is 5.91 Å². The lowest BCUT2D eigenvalue weighted by molar-refractivity contribution is 0.0953. The molecule has 0 saturated carbocycles. The molecule has 90 valence electrons. The maximum atomic E-state index is 11.3. The van der Waals surface area contributed by atoms with Crippen molar-refractivity contribution in [1.82, 2.24) is 20.2 Å². The van der Waals surface area contributed by atoms with Crippen LogP contribution < -0.4 is 15.8 Å². The Balaban J connectivity index is 2.31. The Hall–Kier alpha value is -1.26. The molecule has 16 heavy (non-hydrogen) atoms. The van der Waals surface area contributed by atoms with Crippen molar-refractivity contribution >= 4 is 32.4 Å². The van der Waals surface area contributed by atoms with Crippen LogP contribution in [-0.4, -0.2) is 43.9 Å². The van der Waals surface area contributed by atoms with Gasteiger partial charge >= 0.3 is 0 Å². The Labute approximate surface area is 96.3 Å². The van der Waals surface area contributed by atoms with Gasteiger partial charge in [0.05, 0.1) is 6.26 Å². The van der Waals surface area contributed by atoms with E-state index in [0.717, 1.165) is 17.6 Å². The number of carbonyl (C=O) groups is 1. The summed E-state index contributed by atoms with van der Waals surface area (Å²) in [4.78, 5) is 11.3. The Morgan fingerprint density at radius 1 is 1.44 bits per heavy atom. The van der Waals surface area contributed by atoms with Crippen LogP contribution in [-0.2, 0) is 10.0 Å². The minimum absolute atomic E-state index is 0.124. The standard InChI is InChI=1S/C6H11N5O3S2/c1-16(13,14)9-3-2-8-4(12)5-10-11-6(7)15-5/h9H,2-3H2,1H3,(H2,7,11)(H,8,12). The van der Waals surface area contributed by atoms with Gasteiger partial charge in [-0.25, -0.2) is 13.1 Å². The molecule has 0 aromatic carbocycles. The van der Waals surface area contributed by atoms with Crippen LogP contribution in [0.2, 0.25) is 0 Å². The second kappa shape index (κ2) is 5.18. The molecule has 1 aromatic heterocycles. The average molecular weight is 265 g/mol. The predicted octanol–water partition coefficient (Wildman–Crippen LogP) is -1.60. The van der Waals surface area contributed by atoms with E-state index in [9.17, 15) is 13.2 Å². The van der Waals surface area contributed by atoms with Gasteiger partial charge < -0.3 is 11.1 Å². The number of nitrogens with zero attached hydrogens (tertiary/aromatic N) is 2. The van der Waals surface area contributed by atoms with E-state index in [1.54, 1.807) is 0 Å². The molecule has 0 fully saturated rings. The fourth-order valence-electron chi connectivity index (χ4n) is 0.814. The number of nitrogens with two attached hydrogens (primary N) is 1. The predicted molar refractivity (Wildman–Crippen MR) is 59.5 cm³/mol. The van der Waals surface area contributed by atoms with E-state index in [1.807, 2.05) is 0 Å². The number of nitrogens with one attached hydrogen (secondary N) is 2. The molecule has 1 heterocycles. The summed E-state index contributed by atoms with van der Waals surface area (Å²) in [7, 11) is -3.23. The van der Waals surface area contributed by atoms with Crippen molar-refractivity contribution in [3.63, 3.8) is 0 Å². The van der Waals surface area contributed by atoms with Crippen molar-refractivity contribution in [2.24, 2.45) is 0 Å². The van der Waals surface area contributed by atoms with Gasteiger partial charge in [-0.3, -0.25) is 4.79 Å². The van der Waals surface area contributed by atoms with Gasteiger partial charge in [0.1, 0.15) is 0 Å². The second-order valence-corrected chi connectivity index (χ2v) is 5.71. The molecule has 0 aliphatic heterocycles. The SMILES string of the molecule is CS(=O)(=O)NCCNC(=O)c1nnc(N)s1. The van der Waals surface area contributed by atoms with Crippen LogP contribution in [0.3, 0.4) is 0 Å². The van der Waals surface area contributed by atoms with Crippen molar-refractivity contribution in [2.45, 2.75) is 0 Å². The van der Waals surface area contributed by atoms with Crippen molar-refractivity contribution in [2.75, 3.05) is 25.1 Å². The van der Waals surface area contributed by atoms with Crippen LogP contribution >= 0.6 is 11.3 Å². The molecule has 0 saturated heterocycles. The van der Waals surface area contributed by atoms with E-state index < -0.39 is 15.9 Å². The van der Waals surface area contributed by atoms with Gasteiger partial charge in [-0.2, -0.15) is 0 Å². The lowest BCUT2D eigenvalue weighted by Crippen LogP contribution is -2.34. The maximum absolute atomic E-state index is 11.3. The number of amides is 1. The summed E-state index contributed by atoms with van der Waals surface area (Å²) in [5.74, 6) is -0.426. The second-order valence-electron chi connectivity index (χ2n) is 2.87. The normalized spacial score (nSPS) is 11.3. The van der Waals surface area contributed by atoms with E-state index in [-0.39, 0.29) is 23.2 Å². The zero-order valence-electron chi connectivity index (χ0n) is 8.43. The zero-order chi connectivity index (χ0) is 12.2. The number of carbonyl (C=O) groups excluding carboxylic acids is 1. The zero-order valence-corrected chi connectivity index (χ0v) is 10.1. The monoisotopic (exact) mass is 265 g/mol. The molecule has 0 aliphatic rings. The largest absolute Gasteiger partial charge is 0.374 e. The highest BCUT2D eigenvalue weighted by Gasteiger charge is 2.10. The number of rotatable bonds is 5. The van der Waals surface area contributed by atoms with Crippen LogP contribution in [0.15, 0.2) is 0 Å². The maximum Gasteiger partial charge on any atom is 0.282 e. The lowest BCUT2D eigenvalue weighted by atomic mass is 10.6. The Morgan fingerprint density at radius 2 is 2.12 bits per heavy atom. The molecule has 1 amide bonds. The first-order valence-corrected chi connectivity index (χ1v) is 6.91. The number of sulfonamides is 1. The average Bonchev–Trinajstić information content (AvgIpc) is 2.57. The number of anilines is 1. The Morgan fingerprint density at radius 3 is 2.62 bits per heavy atom. The highest BCUT2D eigenvalue weighted by Crippen LogP contribution is 2.09. The molecule has 1 aromatic rings. The molecule has 0 aliphatic carbocycles. The molecule has 0 bridgehead atoms. The minimum Gasteiger partial charge on any atom is -0.374 e. The molecule has 1 rings (SSSR count). The highest BCUT2D eigenvalue weighted by atomic mass is 32.2. The van der Waals surface area contributed by atoms with E-state index in [2.05, 4.69) is 20.2 Å². The third-order valence-corrected chi connectivity index (χ3v) is 2.89. The van der Waals surface area contributed by atoms with Crippen LogP contribution in [0.5, 0.6) is 0 Å². The third-order valence-electron chi connectivity index (χ3n) is 1.41. The molecule has 0 atom stereocenters. The fraction of sp³-hybridized carbons (Fsp3) is 0.500. The molecule has 0 unspecified atom stereocenters.